The fraction of sp³-hybridized carbons (Fsp3) is 0.273. The normalized spacial score (nSPS) is 9.62. The fourth-order valence-corrected chi connectivity index (χ4v) is 1.08. The van der Waals surface area contributed by atoms with Gasteiger partial charge in [-0.25, -0.2) is 0 Å². The number of hydrogen-bond donors (Lipinski definition) is 0. The van der Waals surface area contributed by atoms with E-state index < -0.39 is 0 Å². The molecule has 0 N–H and O–H groups in total. The third-order valence-electron chi connectivity index (χ3n) is 1.88. The molecule has 0 saturated carbocycles. The van der Waals surface area contributed by atoms with Crippen LogP contribution in [0.2, 0.25) is 0 Å². The Bertz CT molecular complexity index is 300. The van der Waals surface area contributed by atoms with Crippen molar-refractivity contribution >= 4 is 5.69 Å². The van der Waals surface area contributed by atoms with Gasteiger partial charge in [0.05, 0.1) is 0 Å². The topological polar surface area (TPSA) is 29.4 Å². The lowest BCUT2D eigenvalue weighted by molar-refractivity contribution is 0.946. The predicted molar refractivity (Wildman–Crippen MR) is 55.0 cm³/mol. The van der Waals surface area contributed by atoms with Gasteiger partial charge in [-0.15, -0.1) is 11.5 Å². The van der Waals surface area contributed by atoms with E-state index in [-0.39, 0.29) is 0 Å². The van der Waals surface area contributed by atoms with Gasteiger partial charge in [-0.1, -0.05) is 17.7 Å². The van der Waals surface area contributed by atoms with Gasteiger partial charge in [0.2, 0.25) is 0 Å². The summed E-state index contributed by atoms with van der Waals surface area (Å²) in [5, 5.41) is 2.84. The Kier molecular flexibility index (Phi) is 3.38. The van der Waals surface area contributed by atoms with Crippen LogP contribution in [0.15, 0.2) is 41.6 Å². The molecule has 0 amide bonds. The number of rotatable bonds is 4. The lowest BCUT2D eigenvalue weighted by atomic mass is 10.1. The highest BCUT2D eigenvalue weighted by Gasteiger charge is 1.94. The van der Waals surface area contributed by atoms with Crippen molar-refractivity contribution < 1.29 is 0 Å². The summed E-state index contributed by atoms with van der Waals surface area (Å²) in [6, 6.07) is 7.33. The molecule has 0 atom stereocenters. The van der Waals surface area contributed by atoms with Gasteiger partial charge in [-0.05, 0) is 42.6 Å². The van der Waals surface area contributed by atoms with Gasteiger partial charge >= 0.3 is 0 Å². The minimum absolute atomic E-state index is 0.485. The Morgan fingerprint density at radius 2 is 2.00 bits per heavy atom. The fourth-order valence-electron chi connectivity index (χ4n) is 1.08. The number of nitrogens with zero attached hydrogens (tertiary/aromatic N) is 1. The molecular formula is C11H13NO. The number of benzene rings is 1. The molecule has 2 heteroatoms. The van der Waals surface area contributed by atoms with Crippen LogP contribution in [-0.4, -0.2) is 0 Å². The molecule has 0 spiro atoms. The highest BCUT2D eigenvalue weighted by Crippen LogP contribution is 2.14. The first-order chi connectivity index (χ1) is 6.22. The maximum atomic E-state index is 10.1. The molecular weight excluding hydrogens is 162 g/mol. The first-order valence-corrected chi connectivity index (χ1v) is 4.29. The average molecular weight is 175 g/mol. The zero-order chi connectivity index (χ0) is 9.68. The number of hydrogen-bond acceptors (Lipinski definition) is 2. The van der Waals surface area contributed by atoms with Crippen LogP contribution in [0, 0.1) is 4.91 Å². The highest BCUT2D eigenvalue weighted by molar-refractivity contribution is 5.38. The van der Waals surface area contributed by atoms with E-state index in [0.717, 1.165) is 12.8 Å². The van der Waals surface area contributed by atoms with Crippen molar-refractivity contribution in [1.82, 2.24) is 0 Å². The standard InChI is InChI=1S/C11H13NO/c1-9(2)3-4-10-5-7-11(12-13)8-6-10/h5-8H,1,3-4H2,2H3. The summed E-state index contributed by atoms with van der Waals surface area (Å²) in [6.45, 7) is 5.85. The van der Waals surface area contributed by atoms with E-state index >= 15 is 0 Å². The Hall–Kier alpha value is -1.44. The van der Waals surface area contributed by atoms with Gasteiger partial charge in [-0.3, -0.25) is 0 Å². The molecule has 68 valence electrons. The lowest BCUT2D eigenvalue weighted by Gasteiger charge is -2.00. The summed E-state index contributed by atoms with van der Waals surface area (Å²) in [4.78, 5) is 10.1. The van der Waals surface area contributed by atoms with Crippen LogP contribution >= 0.6 is 0 Å². The molecule has 0 unspecified atom stereocenters. The third kappa shape index (κ3) is 3.20. The Morgan fingerprint density at radius 3 is 2.46 bits per heavy atom. The van der Waals surface area contributed by atoms with Crippen LogP contribution < -0.4 is 0 Å². The van der Waals surface area contributed by atoms with Gasteiger partial charge in [0.15, 0.2) is 0 Å². The minimum atomic E-state index is 0.485. The van der Waals surface area contributed by atoms with E-state index in [2.05, 4.69) is 11.8 Å². The van der Waals surface area contributed by atoms with Crippen molar-refractivity contribution in [3.8, 4) is 0 Å². The summed E-state index contributed by atoms with van der Waals surface area (Å²) in [5.74, 6) is 0. The number of allylic oxidation sites excluding steroid dienone is 1. The summed E-state index contributed by atoms with van der Waals surface area (Å²) in [7, 11) is 0. The van der Waals surface area contributed by atoms with Crippen LogP contribution in [0.1, 0.15) is 18.9 Å². The van der Waals surface area contributed by atoms with Gasteiger partial charge in [-0.2, -0.15) is 0 Å². The minimum Gasteiger partial charge on any atom is -0.145 e. The van der Waals surface area contributed by atoms with E-state index in [9.17, 15) is 4.91 Å². The molecule has 0 radical (unpaired) electrons. The van der Waals surface area contributed by atoms with Crippen LogP contribution in [0.4, 0.5) is 5.69 Å². The molecule has 13 heavy (non-hydrogen) atoms. The monoisotopic (exact) mass is 175 g/mol. The van der Waals surface area contributed by atoms with E-state index in [0.29, 0.717) is 5.69 Å². The van der Waals surface area contributed by atoms with Crippen molar-refractivity contribution in [1.29, 1.82) is 0 Å². The van der Waals surface area contributed by atoms with Gasteiger partial charge < -0.3 is 0 Å². The van der Waals surface area contributed by atoms with Gasteiger partial charge in [0, 0.05) is 0 Å². The van der Waals surface area contributed by atoms with Crippen molar-refractivity contribution in [2.45, 2.75) is 19.8 Å². The van der Waals surface area contributed by atoms with Crippen molar-refractivity contribution in [2.75, 3.05) is 0 Å². The molecule has 0 bridgehead atoms. The molecule has 0 heterocycles. The van der Waals surface area contributed by atoms with E-state index in [4.69, 9.17) is 0 Å². The second-order valence-corrected chi connectivity index (χ2v) is 3.21. The smallest absolute Gasteiger partial charge is 0.108 e. The largest absolute Gasteiger partial charge is 0.145 e. The molecule has 0 aromatic heterocycles. The second-order valence-electron chi connectivity index (χ2n) is 3.21. The van der Waals surface area contributed by atoms with Crippen molar-refractivity contribution in [2.24, 2.45) is 5.18 Å². The molecule has 0 aliphatic heterocycles. The highest BCUT2D eigenvalue weighted by atomic mass is 16.3. The van der Waals surface area contributed by atoms with Crippen LogP contribution in [-0.2, 0) is 6.42 Å². The Balaban J connectivity index is 2.59. The maximum Gasteiger partial charge on any atom is 0.108 e. The zero-order valence-corrected chi connectivity index (χ0v) is 7.79. The molecule has 0 aliphatic carbocycles. The predicted octanol–water partition coefficient (Wildman–Crippen LogP) is 3.59. The third-order valence-corrected chi connectivity index (χ3v) is 1.88. The first kappa shape index (κ1) is 9.65. The quantitative estimate of drug-likeness (QED) is 0.508. The maximum absolute atomic E-state index is 10.1. The van der Waals surface area contributed by atoms with E-state index in [1.54, 1.807) is 12.1 Å². The van der Waals surface area contributed by atoms with E-state index in [1.165, 1.54) is 11.1 Å². The molecule has 2 nitrogen and oxygen atoms in total. The van der Waals surface area contributed by atoms with Crippen LogP contribution in [0.5, 0.6) is 0 Å². The van der Waals surface area contributed by atoms with Crippen LogP contribution in [0.3, 0.4) is 0 Å². The summed E-state index contributed by atoms with van der Waals surface area (Å²) in [5.41, 5.74) is 2.88. The zero-order valence-electron chi connectivity index (χ0n) is 7.79. The van der Waals surface area contributed by atoms with Crippen molar-refractivity contribution in [3.63, 3.8) is 0 Å². The number of nitroso groups, excluding NO2 is 1. The molecule has 0 aliphatic rings. The molecule has 1 aromatic carbocycles. The van der Waals surface area contributed by atoms with Crippen molar-refractivity contribution in [3.05, 3.63) is 46.9 Å². The lowest BCUT2D eigenvalue weighted by Crippen LogP contribution is -1.84. The summed E-state index contributed by atoms with van der Waals surface area (Å²) >= 11 is 0. The van der Waals surface area contributed by atoms with Gasteiger partial charge in [0.25, 0.3) is 0 Å². The first-order valence-electron chi connectivity index (χ1n) is 4.29. The molecule has 0 saturated heterocycles. The number of aryl methyl sites for hydroxylation is 1. The van der Waals surface area contributed by atoms with Gasteiger partial charge in [0.1, 0.15) is 5.69 Å². The molecule has 1 aromatic rings. The average Bonchev–Trinajstić information content (AvgIpc) is 2.15. The second kappa shape index (κ2) is 4.55. The molecule has 0 fully saturated rings. The SMILES string of the molecule is C=C(C)CCc1ccc(N=O)cc1. The summed E-state index contributed by atoms with van der Waals surface area (Å²) in [6.07, 6.45) is 1.97. The van der Waals surface area contributed by atoms with E-state index in [1.807, 2.05) is 19.1 Å². The Morgan fingerprint density at radius 1 is 1.38 bits per heavy atom. The summed E-state index contributed by atoms with van der Waals surface area (Å²) < 4.78 is 0. The van der Waals surface area contributed by atoms with Crippen LogP contribution in [0.25, 0.3) is 0 Å². The molecule has 1 rings (SSSR count). The Labute approximate surface area is 78.3 Å².